The highest BCUT2D eigenvalue weighted by Crippen LogP contribution is 2.22. The van der Waals surface area contributed by atoms with Gasteiger partial charge in [-0.25, -0.2) is 9.97 Å². The quantitative estimate of drug-likeness (QED) is 0.884. The molecule has 1 aromatic heterocycles. The number of aromatic nitrogens is 2. The highest BCUT2D eigenvalue weighted by atomic mass is 16.1. The Balaban J connectivity index is 1.61. The van der Waals surface area contributed by atoms with Crippen LogP contribution >= 0.6 is 0 Å². The second-order valence-electron chi connectivity index (χ2n) is 5.32. The topological polar surface area (TPSA) is 66.9 Å². The average molecular weight is 282 g/mol. The Morgan fingerprint density at radius 2 is 1.86 bits per heavy atom. The van der Waals surface area contributed by atoms with E-state index in [4.69, 9.17) is 0 Å². The van der Waals surface area contributed by atoms with E-state index in [2.05, 4.69) is 20.6 Å². The number of hydrogen-bond acceptors (Lipinski definition) is 4. The zero-order valence-electron chi connectivity index (χ0n) is 11.9. The van der Waals surface area contributed by atoms with E-state index in [-0.39, 0.29) is 11.9 Å². The Kier molecular flexibility index (Phi) is 3.81. The lowest BCUT2D eigenvalue weighted by atomic mass is 10.1. The number of nitrogens with one attached hydrogen (secondary N) is 2. The van der Waals surface area contributed by atoms with E-state index in [0.717, 1.165) is 5.56 Å². The van der Waals surface area contributed by atoms with Crippen LogP contribution in [0.15, 0.2) is 42.7 Å². The fourth-order valence-electron chi connectivity index (χ4n) is 2.04. The molecule has 3 rings (SSSR count). The molecule has 1 heterocycles. The van der Waals surface area contributed by atoms with Gasteiger partial charge in [0, 0.05) is 18.4 Å². The van der Waals surface area contributed by atoms with Crippen LogP contribution in [-0.2, 0) is 0 Å². The number of nitrogens with zero attached hydrogens (tertiary/aromatic N) is 2. The molecule has 1 aliphatic carbocycles. The summed E-state index contributed by atoms with van der Waals surface area (Å²) in [4.78, 5) is 20.5. The zero-order chi connectivity index (χ0) is 14.7. The van der Waals surface area contributed by atoms with Gasteiger partial charge in [-0.1, -0.05) is 30.3 Å². The van der Waals surface area contributed by atoms with E-state index in [0.29, 0.717) is 17.6 Å². The van der Waals surface area contributed by atoms with Gasteiger partial charge in [0.2, 0.25) is 5.95 Å². The van der Waals surface area contributed by atoms with Gasteiger partial charge in [0.1, 0.15) is 0 Å². The molecule has 0 radical (unpaired) electrons. The molecule has 1 aliphatic rings. The normalized spacial score (nSPS) is 15.3. The van der Waals surface area contributed by atoms with Crippen molar-refractivity contribution >= 4 is 11.9 Å². The fraction of sp³-hybridized carbons (Fsp3) is 0.312. The van der Waals surface area contributed by atoms with Gasteiger partial charge in [-0.3, -0.25) is 4.79 Å². The first-order valence-corrected chi connectivity index (χ1v) is 7.17. The minimum Gasteiger partial charge on any atom is -0.351 e. The van der Waals surface area contributed by atoms with Crippen LogP contribution in [0.4, 0.5) is 5.95 Å². The smallest absolute Gasteiger partial charge is 0.254 e. The molecule has 1 amide bonds. The lowest BCUT2D eigenvalue weighted by molar-refractivity contribution is 0.0939. The van der Waals surface area contributed by atoms with Crippen molar-refractivity contribution in [3.05, 3.63) is 53.9 Å². The van der Waals surface area contributed by atoms with Gasteiger partial charge >= 0.3 is 0 Å². The number of amides is 1. The van der Waals surface area contributed by atoms with Crippen LogP contribution in [0.1, 0.15) is 41.7 Å². The van der Waals surface area contributed by atoms with Crippen LogP contribution < -0.4 is 10.6 Å². The van der Waals surface area contributed by atoms with Crippen molar-refractivity contribution in [1.82, 2.24) is 15.3 Å². The van der Waals surface area contributed by atoms with Crippen LogP contribution in [0, 0.1) is 0 Å². The van der Waals surface area contributed by atoms with Crippen molar-refractivity contribution in [2.75, 3.05) is 5.32 Å². The molecule has 1 aromatic carbocycles. The molecule has 108 valence electrons. The summed E-state index contributed by atoms with van der Waals surface area (Å²) in [6.07, 6.45) is 5.45. The lowest BCUT2D eigenvalue weighted by Crippen LogP contribution is -2.27. The molecule has 1 saturated carbocycles. The third kappa shape index (κ3) is 3.56. The number of rotatable bonds is 5. The van der Waals surface area contributed by atoms with Crippen molar-refractivity contribution in [2.24, 2.45) is 0 Å². The molecule has 1 atom stereocenters. The Morgan fingerprint density at radius 1 is 1.19 bits per heavy atom. The van der Waals surface area contributed by atoms with E-state index in [1.165, 1.54) is 12.8 Å². The van der Waals surface area contributed by atoms with Crippen LogP contribution in [0.25, 0.3) is 0 Å². The van der Waals surface area contributed by atoms with E-state index >= 15 is 0 Å². The molecule has 5 heteroatoms. The zero-order valence-corrected chi connectivity index (χ0v) is 11.9. The van der Waals surface area contributed by atoms with Crippen molar-refractivity contribution in [2.45, 2.75) is 31.8 Å². The summed E-state index contributed by atoms with van der Waals surface area (Å²) in [6, 6.07) is 10.3. The van der Waals surface area contributed by atoms with Gasteiger partial charge in [0.05, 0.1) is 11.6 Å². The SMILES string of the molecule is CC(NC(=O)c1cnc(NC2CC2)nc1)c1ccccc1. The third-order valence-corrected chi connectivity index (χ3v) is 3.47. The summed E-state index contributed by atoms with van der Waals surface area (Å²) >= 11 is 0. The molecule has 0 saturated heterocycles. The van der Waals surface area contributed by atoms with Crippen molar-refractivity contribution in [1.29, 1.82) is 0 Å². The van der Waals surface area contributed by atoms with E-state index in [9.17, 15) is 4.79 Å². The molecule has 1 unspecified atom stereocenters. The van der Waals surface area contributed by atoms with Gasteiger partial charge in [-0.2, -0.15) is 0 Å². The second kappa shape index (κ2) is 5.91. The maximum atomic E-state index is 12.2. The first kappa shape index (κ1) is 13.5. The van der Waals surface area contributed by atoms with Gasteiger partial charge < -0.3 is 10.6 Å². The lowest BCUT2D eigenvalue weighted by Gasteiger charge is -2.14. The summed E-state index contributed by atoms with van der Waals surface area (Å²) in [5, 5.41) is 6.14. The van der Waals surface area contributed by atoms with Crippen LogP contribution in [0.5, 0.6) is 0 Å². The summed E-state index contributed by atoms with van der Waals surface area (Å²) in [5.41, 5.74) is 1.54. The predicted molar refractivity (Wildman–Crippen MR) is 81.0 cm³/mol. The van der Waals surface area contributed by atoms with Gasteiger partial charge in [0.25, 0.3) is 5.91 Å². The van der Waals surface area contributed by atoms with E-state index < -0.39 is 0 Å². The van der Waals surface area contributed by atoms with Crippen molar-refractivity contribution < 1.29 is 4.79 Å². The predicted octanol–water partition coefficient (Wildman–Crippen LogP) is 2.54. The Bertz CT molecular complexity index is 608. The maximum absolute atomic E-state index is 12.2. The highest BCUT2D eigenvalue weighted by Gasteiger charge is 2.22. The molecule has 0 aliphatic heterocycles. The first-order chi connectivity index (χ1) is 10.2. The first-order valence-electron chi connectivity index (χ1n) is 7.17. The Hall–Kier alpha value is -2.43. The van der Waals surface area contributed by atoms with E-state index in [1.807, 2.05) is 37.3 Å². The van der Waals surface area contributed by atoms with Crippen molar-refractivity contribution in [3.8, 4) is 0 Å². The molecular weight excluding hydrogens is 264 g/mol. The summed E-state index contributed by atoms with van der Waals surface area (Å²) in [6.45, 7) is 1.96. The molecule has 2 N–H and O–H groups in total. The molecule has 21 heavy (non-hydrogen) atoms. The van der Waals surface area contributed by atoms with Crippen LogP contribution in [0.3, 0.4) is 0 Å². The van der Waals surface area contributed by atoms with E-state index in [1.54, 1.807) is 12.4 Å². The monoisotopic (exact) mass is 282 g/mol. The summed E-state index contributed by atoms with van der Waals surface area (Å²) in [7, 11) is 0. The van der Waals surface area contributed by atoms with Gasteiger partial charge in [-0.05, 0) is 25.3 Å². The van der Waals surface area contributed by atoms with Crippen molar-refractivity contribution in [3.63, 3.8) is 0 Å². The summed E-state index contributed by atoms with van der Waals surface area (Å²) in [5.74, 6) is 0.425. The third-order valence-electron chi connectivity index (χ3n) is 3.47. The Labute approximate surface area is 123 Å². The number of benzene rings is 1. The number of carbonyl (C=O) groups excluding carboxylic acids is 1. The van der Waals surface area contributed by atoms with Gasteiger partial charge in [-0.15, -0.1) is 0 Å². The molecule has 2 aromatic rings. The highest BCUT2D eigenvalue weighted by molar-refractivity contribution is 5.93. The van der Waals surface area contributed by atoms with Crippen LogP contribution in [0.2, 0.25) is 0 Å². The molecule has 0 bridgehead atoms. The maximum Gasteiger partial charge on any atom is 0.254 e. The average Bonchev–Trinajstić information content (AvgIpc) is 3.33. The summed E-state index contributed by atoms with van der Waals surface area (Å²) < 4.78 is 0. The minimum atomic E-state index is -0.163. The second-order valence-corrected chi connectivity index (χ2v) is 5.32. The number of hydrogen-bond donors (Lipinski definition) is 2. The Morgan fingerprint density at radius 3 is 2.48 bits per heavy atom. The molecule has 1 fully saturated rings. The molecule has 0 spiro atoms. The standard InChI is InChI=1S/C16H18N4O/c1-11(12-5-3-2-4-6-12)19-15(21)13-9-17-16(18-10-13)20-14-7-8-14/h2-6,9-11,14H,7-8H2,1H3,(H,19,21)(H,17,18,20). The number of carbonyl (C=O) groups is 1. The van der Waals surface area contributed by atoms with Crippen LogP contribution in [-0.4, -0.2) is 21.9 Å². The number of anilines is 1. The molecule has 5 nitrogen and oxygen atoms in total. The minimum absolute atomic E-state index is 0.0528. The largest absolute Gasteiger partial charge is 0.351 e. The van der Waals surface area contributed by atoms with Gasteiger partial charge in [0.15, 0.2) is 0 Å². The molecular formula is C16H18N4O. The fourth-order valence-corrected chi connectivity index (χ4v) is 2.04.